The van der Waals surface area contributed by atoms with Crippen LogP contribution < -0.4 is 5.32 Å². The van der Waals surface area contributed by atoms with E-state index in [4.69, 9.17) is 0 Å². The molecule has 0 aliphatic rings. The average Bonchev–Trinajstić information content (AvgIpc) is 2.09. The van der Waals surface area contributed by atoms with Crippen LogP contribution in [-0.2, 0) is 19.1 Å². The van der Waals surface area contributed by atoms with E-state index in [1.807, 2.05) is 0 Å². The highest BCUT2D eigenvalue weighted by atomic mass is 16.5. The van der Waals surface area contributed by atoms with Gasteiger partial charge in [0, 0.05) is 20.8 Å². The molecule has 0 radical (unpaired) electrons. The second-order valence-electron chi connectivity index (χ2n) is 3.01. The zero-order valence-electron chi connectivity index (χ0n) is 9.20. The molecule has 6 heteroatoms. The normalized spacial score (nSPS) is 9.27. The Morgan fingerprint density at radius 3 is 2.20 bits per heavy atom. The quantitative estimate of drug-likeness (QED) is 0.496. The van der Waals surface area contributed by atoms with E-state index in [0.29, 0.717) is 0 Å². The number of rotatable bonds is 5. The van der Waals surface area contributed by atoms with Gasteiger partial charge in [0.25, 0.3) is 0 Å². The second-order valence-corrected chi connectivity index (χ2v) is 3.01. The summed E-state index contributed by atoms with van der Waals surface area (Å²) in [5.74, 6) is -0.789. The van der Waals surface area contributed by atoms with Gasteiger partial charge < -0.3 is 15.0 Å². The van der Waals surface area contributed by atoms with Gasteiger partial charge in [-0.2, -0.15) is 0 Å². The Bertz CT molecular complexity index is 252. The fraction of sp³-hybridized carbons (Fsp3) is 0.667. The number of esters is 1. The standard InChI is InChI=1S/C9H16N2O4/c1-7(12)10-6-11(8(2)13)4-5-15-9(3)14/h4-6H2,1-3H3,(H,10,12). The van der Waals surface area contributed by atoms with Crippen LogP contribution in [0.3, 0.4) is 0 Å². The van der Waals surface area contributed by atoms with Crippen molar-refractivity contribution in [3.05, 3.63) is 0 Å². The van der Waals surface area contributed by atoms with Gasteiger partial charge in [0.1, 0.15) is 6.61 Å². The van der Waals surface area contributed by atoms with E-state index in [2.05, 4.69) is 10.1 Å². The van der Waals surface area contributed by atoms with Crippen molar-refractivity contribution < 1.29 is 19.1 Å². The van der Waals surface area contributed by atoms with E-state index in [0.717, 1.165) is 0 Å². The first-order valence-electron chi connectivity index (χ1n) is 4.56. The highest BCUT2D eigenvalue weighted by molar-refractivity contribution is 5.75. The molecule has 1 N–H and O–H groups in total. The lowest BCUT2D eigenvalue weighted by molar-refractivity contribution is -0.143. The Kier molecular flexibility index (Phi) is 6.08. The molecule has 0 aromatic rings. The molecule has 0 bridgehead atoms. The molecule has 86 valence electrons. The largest absolute Gasteiger partial charge is 0.464 e. The van der Waals surface area contributed by atoms with E-state index in [1.165, 1.54) is 25.7 Å². The summed E-state index contributed by atoms with van der Waals surface area (Å²) in [4.78, 5) is 33.5. The first-order valence-corrected chi connectivity index (χ1v) is 4.56. The summed E-state index contributed by atoms with van der Waals surface area (Å²) in [5, 5.41) is 2.49. The van der Waals surface area contributed by atoms with Crippen molar-refractivity contribution >= 4 is 17.8 Å². The van der Waals surface area contributed by atoms with E-state index >= 15 is 0 Å². The van der Waals surface area contributed by atoms with Crippen LogP contribution in [-0.4, -0.2) is 42.5 Å². The van der Waals surface area contributed by atoms with E-state index in [-0.39, 0.29) is 31.6 Å². The highest BCUT2D eigenvalue weighted by Gasteiger charge is 2.08. The highest BCUT2D eigenvalue weighted by Crippen LogP contribution is 1.88. The van der Waals surface area contributed by atoms with Crippen LogP contribution in [0.4, 0.5) is 0 Å². The molecule has 0 spiro atoms. The minimum atomic E-state index is -0.391. The van der Waals surface area contributed by atoms with Crippen LogP contribution in [0.1, 0.15) is 20.8 Å². The van der Waals surface area contributed by atoms with Crippen molar-refractivity contribution in [3.63, 3.8) is 0 Å². The predicted octanol–water partition coefficient (Wildman–Crippen LogP) is -0.508. The number of amides is 2. The molecule has 2 amide bonds. The number of hydrogen-bond acceptors (Lipinski definition) is 4. The van der Waals surface area contributed by atoms with Crippen molar-refractivity contribution in [1.82, 2.24) is 10.2 Å². The maximum absolute atomic E-state index is 11.1. The molecular formula is C9H16N2O4. The van der Waals surface area contributed by atoms with Crippen molar-refractivity contribution in [1.29, 1.82) is 0 Å². The Morgan fingerprint density at radius 1 is 1.20 bits per heavy atom. The van der Waals surface area contributed by atoms with Gasteiger partial charge in [-0.1, -0.05) is 0 Å². The first-order chi connectivity index (χ1) is 6.93. The van der Waals surface area contributed by atoms with Gasteiger partial charge in [-0.05, 0) is 0 Å². The smallest absolute Gasteiger partial charge is 0.302 e. The first kappa shape index (κ1) is 13.4. The summed E-state index contributed by atoms with van der Waals surface area (Å²) in [5.41, 5.74) is 0. The maximum atomic E-state index is 11.1. The van der Waals surface area contributed by atoms with Crippen molar-refractivity contribution in [3.8, 4) is 0 Å². The molecular weight excluding hydrogens is 200 g/mol. The van der Waals surface area contributed by atoms with Crippen molar-refractivity contribution in [2.24, 2.45) is 0 Å². The lowest BCUT2D eigenvalue weighted by Crippen LogP contribution is -2.41. The van der Waals surface area contributed by atoms with Crippen LogP contribution in [0.15, 0.2) is 0 Å². The van der Waals surface area contributed by atoms with Gasteiger partial charge in [0.05, 0.1) is 13.2 Å². The minimum absolute atomic E-state index is 0.131. The third-order valence-electron chi connectivity index (χ3n) is 1.63. The van der Waals surface area contributed by atoms with Crippen molar-refractivity contribution in [2.45, 2.75) is 20.8 Å². The number of ether oxygens (including phenoxy) is 1. The Morgan fingerprint density at radius 2 is 1.80 bits per heavy atom. The summed E-state index contributed by atoms with van der Waals surface area (Å²) in [6.45, 7) is 4.58. The van der Waals surface area contributed by atoms with E-state index < -0.39 is 5.97 Å². The molecule has 0 heterocycles. The SMILES string of the molecule is CC(=O)NCN(CCOC(C)=O)C(C)=O. The van der Waals surface area contributed by atoms with Gasteiger partial charge in [-0.3, -0.25) is 14.4 Å². The van der Waals surface area contributed by atoms with Crippen LogP contribution in [0.2, 0.25) is 0 Å². The Labute approximate surface area is 88.6 Å². The molecule has 0 aromatic heterocycles. The molecule has 0 saturated carbocycles. The minimum Gasteiger partial charge on any atom is -0.464 e. The van der Waals surface area contributed by atoms with Crippen LogP contribution in [0, 0.1) is 0 Å². The molecule has 6 nitrogen and oxygen atoms in total. The summed E-state index contributed by atoms with van der Waals surface area (Å²) in [6.07, 6.45) is 0. The van der Waals surface area contributed by atoms with Gasteiger partial charge in [-0.25, -0.2) is 0 Å². The zero-order chi connectivity index (χ0) is 11.8. The molecule has 0 fully saturated rings. The third kappa shape index (κ3) is 7.48. The average molecular weight is 216 g/mol. The lowest BCUT2D eigenvalue weighted by Gasteiger charge is -2.20. The van der Waals surface area contributed by atoms with E-state index in [1.54, 1.807) is 0 Å². The third-order valence-corrected chi connectivity index (χ3v) is 1.63. The molecule has 0 aromatic carbocycles. The van der Waals surface area contributed by atoms with Gasteiger partial charge in [0.2, 0.25) is 11.8 Å². The summed E-state index contributed by atoms with van der Waals surface area (Å²) < 4.78 is 4.68. The monoisotopic (exact) mass is 216 g/mol. The maximum Gasteiger partial charge on any atom is 0.302 e. The Hall–Kier alpha value is -1.59. The summed E-state index contributed by atoms with van der Waals surface area (Å²) in [6, 6.07) is 0. The van der Waals surface area contributed by atoms with Crippen LogP contribution in [0.5, 0.6) is 0 Å². The van der Waals surface area contributed by atoms with Crippen LogP contribution in [0.25, 0.3) is 0 Å². The fourth-order valence-electron chi connectivity index (χ4n) is 0.854. The van der Waals surface area contributed by atoms with Gasteiger partial charge >= 0.3 is 5.97 Å². The molecule has 0 atom stereocenters. The number of nitrogens with one attached hydrogen (secondary N) is 1. The number of nitrogens with zero attached hydrogens (tertiary/aromatic N) is 1. The topological polar surface area (TPSA) is 75.7 Å². The summed E-state index contributed by atoms with van der Waals surface area (Å²) in [7, 11) is 0. The number of hydrogen-bond donors (Lipinski definition) is 1. The predicted molar refractivity (Wildman–Crippen MR) is 52.7 cm³/mol. The molecule has 0 rings (SSSR count). The van der Waals surface area contributed by atoms with Crippen LogP contribution >= 0.6 is 0 Å². The second kappa shape index (κ2) is 6.80. The van der Waals surface area contributed by atoms with Crippen molar-refractivity contribution in [2.75, 3.05) is 19.8 Å². The van der Waals surface area contributed by atoms with Gasteiger partial charge in [0.15, 0.2) is 0 Å². The number of carbonyl (C=O) groups is 3. The molecule has 0 unspecified atom stereocenters. The molecule has 0 aliphatic heterocycles. The lowest BCUT2D eigenvalue weighted by atomic mass is 10.5. The Balaban J connectivity index is 3.88. The fourth-order valence-corrected chi connectivity index (χ4v) is 0.854. The summed E-state index contributed by atoms with van der Waals surface area (Å²) >= 11 is 0. The van der Waals surface area contributed by atoms with E-state index in [9.17, 15) is 14.4 Å². The molecule has 0 saturated heterocycles. The number of carbonyl (C=O) groups excluding carboxylic acids is 3. The molecule has 0 aliphatic carbocycles. The molecule has 15 heavy (non-hydrogen) atoms. The zero-order valence-corrected chi connectivity index (χ0v) is 9.20. The van der Waals surface area contributed by atoms with Gasteiger partial charge in [-0.15, -0.1) is 0 Å².